The zero-order valence-electron chi connectivity index (χ0n) is 32.5. The maximum absolute atomic E-state index is 12.2. The number of carbonyl (C=O) groups excluding carboxylic acids is 1. The second kappa shape index (κ2) is 17.3. The van der Waals surface area contributed by atoms with Crippen molar-refractivity contribution in [2.24, 2.45) is 16.7 Å². The maximum atomic E-state index is 12.2. The van der Waals surface area contributed by atoms with Gasteiger partial charge in [0.15, 0.2) is 11.4 Å². The largest absolute Gasteiger partial charge is 0.512 e. The topological polar surface area (TPSA) is 76.2 Å². The number of aromatic nitrogens is 2. The van der Waals surface area contributed by atoms with E-state index in [9.17, 15) is 9.90 Å². The number of fused-ring (bicyclic) bond motifs is 2. The molecular weight excluding hydrogens is 809 g/mol. The molecule has 2 aromatic carbocycles. The van der Waals surface area contributed by atoms with Crippen LogP contribution in [0.25, 0.3) is 44.1 Å². The fourth-order valence-corrected chi connectivity index (χ4v) is 6.20. The maximum Gasteiger partial charge on any atom is 0.164 e. The smallest absolute Gasteiger partial charge is 0.164 e. The molecule has 0 bridgehead atoms. The predicted octanol–water partition coefficient (Wildman–Crippen LogP) is 12.7. The van der Waals surface area contributed by atoms with Crippen LogP contribution < -0.4 is 0 Å². The van der Waals surface area contributed by atoms with E-state index < -0.39 is 0 Å². The molecule has 51 heavy (non-hydrogen) atoms. The van der Waals surface area contributed by atoms with Gasteiger partial charge in [-0.1, -0.05) is 111 Å². The molecule has 5 aromatic rings. The summed E-state index contributed by atoms with van der Waals surface area (Å²) < 4.78 is 5.84. The predicted molar refractivity (Wildman–Crippen MR) is 209 cm³/mol. The van der Waals surface area contributed by atoms with Crippen molar-refractivity contribution in [2.45, 2.75) is 114 Å². The van der Waals surface area contributed by atoms with Crippen LogP contribution in [0.1, 0.15) is 113 Å². The SMILES string of the molecule is CC(C)Cc1ncc(-c2ccnc(-c3[c-]c4ccccc4c(C(C)(C)C)c3)c2)c2ccoc12.CCC(C)(CC)C(=O)/C=C(\O)C(C)(CC)CC.[Ir]. The Kier molecular flexibility index (Phi) is 14.2. The van der Waals surface area contributed by atoms with Gasteiger partial charge >= 0.3 is 0 Å². The quantitative estimate of drug-likeness (QED) is 0.0813. The summed E-state index contributed by atoms with van der Waals surface area (Å²) in [5.41, 5.74) is 6.67. The first-order valence-corrected chi connectivity index (χ1v) is 18.3. The molecule has 1 N–H and O–H groups in total. The molecule has 0 spiro atoms. The molecule has 0 unspecified atom stereocenters. The number of carbonyl (C=O) groups is 1. The fourth-order valence-electron chi connectivity index (χ4n) is 6.20. The van der Waals surface area contributed by atoms with E-state index in [4.69, 9.17) is 14.4 Å². The van der Waals surface area contributed by atoms with Crippen molar-refractivity contribution in [3.05, 3.63) is 96.3 Å². The molecule has 0 atom stereocenters. The van der Waals surface area contributed by atoms with Crippen LogP contribution in [0.2, 0.25) is 0 Å². The normalized spacial score (nSPS) is 12.5. The minimum Gasteiger partial charge on any atom is -0.512 e. The molecule has 275 valence electrons. The number of hydrogen-bond donors (Lipinski definition) is 1. The Morgan fingerprint density at radius 1 is 0.882 bits per heavy atom. The number of benzene rings is 2. The third-order valence-corrected chi connectivity index (χ3v) is 10.7. The summed E-state index contributed by atoms with van der Waals surface area (Å²) in [4.78, 5) is 21.7. The molecule has 0 saturated carbocycles. The molecule has 0 saturated heterocycles. The van der Waals surface area contributed by atoms with E-state index in [-0.39, 0.29) is 47.9 Å². The Hall–Kier alpha value is -3.60. The van der Waals surface area contributed by atoms with Crippen molar-refractivity contribution >= 4 is 27.5 Å². The summed E-state index contributed by atoms with van der Waals surface area (Å²) in [6, 6.07) is 20.5. The molecule has 0 aliphatic carbocycles. The first-order chi connectivity index (χ1) is 23.6. The molecule has 5 nitrogen and oxygen atoms in total. The molecular formula is C45H57IrN2O3-. The van der Waals surface area contributed by atoms with Crippen LogP contribution in [0.3, 0.4) is 0 Å². The summed E-state index contributed by atoms with van der Waals surface area (Å²) in [6.45, 7) is 23.2. The number of hydrogen-bond acceptors (Lipinski definition) is 5. The number of ketones is 1. The minimum atomic E-state index is -0.337. The van der Waals surface area contributed by atoms with Crippen LogP contribution in [0.15, 0.2) is 83.4 Å². The summed E-state index contributed by atoms with van der Waals surface area (Å²) in [7, 11) is 0. The number of allylic oxidation sites excluding steroid dienone is 2. The fraction of sp³-hybridized carbons (Fsp3) is 0.444. The van der Waals surface area contributed by atoms with Crippen LogP contribution in [0.5, 0.6) is 0 Å². The van der Waals surface area contributed by atoms with Crippen molar-refractivity contribution in [1.82, 2.24) is 9.97 Å². The third kappa shape index (κ3) is 9.45. The Balaban J connectivity index is 0.000000335. The first kappa shape index (κ1) is 41.8. The molecule has 3 aromatic heterocycles. The van der Waals surface area contributed by atoms with Gasteiger partial charge in [0.2, 0.25) is 0 Å². The Bertz CT molecular complexity index is 1960. The van der Waals surface area contributed by atoms with Crippen LogP contribution >= 0.6 is 0 Å². The minimum absolute atomic E-state index is 0. The zero-order valence-corrected chi connectivity index (χ0v) is 34.9. The van der Waals surface area contributed by atoms with E-state index in [1.54, 1.807) is 6.26 Å². The summed E-state index contributed by atoms with van der Waals surface area (Å²) in [5, 5.41) is 13.6. The van der Waals surface area contributed by atoms with E-state index in [2.05, 4.69) is 77.1 Å². The van der Waals surface area contributed by atoms with Gasteiger partial charge in [0.1, 0.15) is 5.76 Å². The molecule has 1 radical (unpaired) electrons. The Morgan fingerprint density at radius 3 is 2.14 bits per heavy atom. The molecule has 0 aliphatic rings. The molecule has 0 aliphatic heterocycles. The van der Waals surface area contributed by atoms with Gasteiger partial charge < -0.3 is 9.52 Å². The van der Waals surface area contributed by atoms with E-state index in [1.165, 1.54) is 17.0 Å². The number of pyridine rings is 2. The zero-order chi connectivity index (χ0) is 36.9. The average Bonchev–Trinajstić information content (AvgIpc) is 3.61. The van der Waals surface area contributed by atoms with Crippen LogP contribution in [-0.4, -0.2) is 20.9 Å². The van der Waals surface area contributed by atoms with Gasteiger partial charge in [-0.25, -0.2) is 0 Å². The molecule has 0 fully saturated rings. The average molecular weight is 866 g/mol. The molecule has 3 heterocycles. The Morgan fingerprint density at radius 2 is 1.53 bits per heavy atom. The van der Waals surface area contributed by atoms with Crippen molar-refractivity contribution < 1.29 is 34.4 Å². The van der Waals surface area contributed by atoms with Gasteiger partial charge in [-0.05, 0) is 61.1 Å². The van der Waals surface area contributed by atoms with Gasteiger partial charge in [0.05, 0.1) is 12.0 Å². The van der Waals surface area contributed by atoms with E-state index >= 15 is 0 Å². The van der Waals surface area contributed by atoms with Gasteiger partial charge in [-0.3, -0.25) is 14.8 Å². The van der Waals surface area contributed by atoms with E-state index in [0.29, 0.717) is 5.92 Å². The van der Waals surface area contributed by atoms with E-state index in [0.717, 1.165) is 76.5 Å². The van der Waals surface area contributed by atoms with Crippen LogP contribution in [0.4, 0.5) is 0 Å². The first-order valence-electron chi connectivity index (χ1n) is 18.3. The van der Waals surface area contributed by atoms with Gasteiger partial charge in [0, 0.05) is 66.0 Å². The number of aliphatic hydroxyl groups excluding tert-OH is 1. The number of rotatable bonds is 11. The number of furan rings is 1. The van der Waals surface area contributed by atoms with Crippen LogP contribution in [-0.2, 0) is 36.7 Å². The van der Waals surface area contributed by atoms with Gasteiger partial charge in [0.25, 0.3) is 0 Å². The summed E-state index contributed by atoms with van der Waals surface area (Å²) >= 11 is 0. The van der Waals surface area contributed by atoms with Crippen molar-refractivity contribution in [2.75, 3.05) is 0 Å². The molecule has 0 amide bonds. The Labute approximate surface area is 319 Å². The summed E-state index contributed by atoms with van der Waals surface area (Å²) in [5.74, 6) is 0.804. The third-order valence-electron chi connectivity index (χ3n) is 10.7. The van der Waals surface area contributed by atoms with Crippen molar-refractivity contribution in [3.8, 4) is 22.4 Å². The van der Waals surface area contributed by atoms with Gasteiger partial charge in [-0.2, -0.15) is 0 Å². The molecule has 5 rings (SSSR count). The van der Waals surface area contributed by atoms with Crippen molar-refractivity contribution in [1.29, 1.82) is 0 Å². The van der Waals surface area contributed by atoms with E-state index in [1.807, 2.05) is 66.1 Å². The number of aliphatic hydroxyl groups is 1. The van der Waals surface area contributed by atoms with Crippen LogP contribution in [0, 0.1) is 22.8 Å². The standard InChI is InChI=1S/C30H29N2O.C15H28O2.Ir/c1-19(2)14-28-29-24(11-13-33-29)25(18-32-28)21-10-12-31-27(17-21)22-15-20-8-6-7-9-23(20)26(16-22)30(3,4)5;1-7-14(5,8-2)12(16)11-13(17)15(6,9-3)10-4;/h6-13,16-19H,14H2,1-5H3;11,16H,7-10H2,1-6H3;/q-1;;/b;12-11-;. The second-order valence-electron chi connectivity index (χ2n) is 15.6. The monoisotopic (exact) mass is 866 g/mol. The van der Waals surface area contributed by atoms with Crippen molar-refractivity contribution in [3.63, 3.8) is 0 Å². The summed E-state index contributed by atoms with van der Waals surface area (Å²) in [6.07, 6.45) is 11.3. The van der Waals surface area contributed by atoms with Gasteiger partial charge in [-0.15, -0.1) is 29.1 Å². The second-order valence-corrected chi connectivity index (χ2v) is 15.6. The molecule has 6 heteroatoms. The number of nitrogens with zero attached hydrogens (tertiary/aromatic N) is 2.